The van der Waals surface area contributed by atoms with E-state index in [-0.39, 0.29) is 23.9 Å². The van der Waals surface area contributed by atoms with E-state index in [1.807, 2.05) is 11.6 Å². The molecule has 4 saturated heterocycles. The first kappa shape index (κ1) is 19.8. The van der Waals surface area contributed by atoms with Crippen LogP contribution >= 0.6 is 0 Å². The Balaban J connectivity index is 1.42. The quantitative estimate of drug-likeness (QED) is 0.657. The molecule has 4 aliphatic heterocycles. The molecule has 2 bridgehead atoms. The van der Waals surface area contributed by atoms with Crippen LogP contribution in [0.25, 0.3) is 11.3 Å². The molecule has 0 unspecified atom stereocenters. The molecule has 2 aromatic rings. The van der Waals surface area contributed by atoms with Gasteiger partial charge in [0.25, 0.3) is 0 Å². The van der Waals surface area contributed by atoms with E-state index in [1.54, 1.807) is 18.3 Å². The Kier molecular flexibility index (Phi) is 4.35. The van der Waals surface area contributed by atoms with Gasteiger partial charge in [-0.25, -0.2) is 18.8 Å². The highest BCUT2D eigenvalue weighted by Gasteiger charge is 2.69. The smallest absolute Gasteiger partial charge is 0.201 e. The normalized spacial score (nSPS) is 44.0. The molecule has 0 amide bonds. The summed E-state index contributed by atoms with van der Waals surface area (Å²) in [6.07, 6.45) is 4.71. The first-order chi connectivity index (χ1) is 14.9. The lowest BCUT2D eigenvalue weighted by Crippen LogP contribution is -2.69. The molecule has 5 aliphatic rings. The fraction of sp³-hybridized carbons (Fsp3) is 0.652. The van der Waals surface area contributed by atoms with Crippen LogP contribution < -0.4 is 0 Å². The average molecular weight is 429 g/mol. The summed E-state index contributed by atoms with van der Waals surface area (Å²) >= 11 is 0. The maximum atomic E-state index is 13.5. The molecule has 31 heavy (non-hydrogen) atoms. The Bertz CT molecular complexity index is 983. The van der Waals surface area contributed by atoms with Crippen molar-refractivity contribution in [3.8, 4) is 11.3 Å². The van der Waals surface area contributed by atoms with Gasteiger partial charge in [0.2, 0.25) is 5.79 Å². The lowest BCUT2D eigenvalue weighted by molar-refractivity contribution is -0.574. The van der Waals surface area contributed by atoms with E-state index in [1.165, 1.54) is 12.1 Å². The molecule has 7 nitrogen and oxygen atoms in total. The van der Waals surface area contributed by atoms with Crippen LogP contribution in [0.1, 0.15) is 52.7 Å². The van der Waals surface area contributed by atoms with Crippen molar-refractivity contribution >= 4 is 0 Å². The number of halogens is 1. The summed E-state index contributed by atoms with van der Waals surface area (Å²) in [7, 11) is 0. The Morgan fingerprint density at radius 2 is 1.87 bits per heavy atom. The lowest BCUT2D eigenvalue weighted by atomic mass is 9.58. The fourth-order valence-electron chi connectivity index (χ4n) is 6.42. The molecule has 166 valence electrons. The first-order valence-electron chi connectivity index (χ1n) is 11.3. The zero-order chi connectivity index (χ0) is 21.4. The monoisotopic (exact) mass is 429 g/mol. The molecule has 5 heterocycles. The molecule has 0 radical (unpaired) electrons. The SMILES string of the molecule is C[C@H]1[C@H](n2nncc2-c2ccc(F)cc2)O[C@@H]2O[C@]3(C)CC[C@H]4[C@H](C)CC[C@@H]1[C@@]24OO3. The minimum Gasteiger partial charge on any atom is -0.324 e. The summed E-state index contributed by atoms with van der Waals surface area (Å²) in [5, 5.41) is 8.52. The van der Waals surface area contributed by atoms with Crippen LogP contribution in [0.5, 0.6) is 0 Å². The molecule has 8 heteroatoms. The van der Waals surface area contributed by atoms with E-state index in [9.17, 15) is 4.39 Å². The van der Waals surface area contributed by atoms with Gasteiger partial charge in [-0.05, 0) is 62.3 Å². The largest absolute Gasteiger partial charge is 0.324 e. The van der Waals surface area contributed by atoms with Crippen LogP contribution in [0, 0.1) is 29.5 Å². The number of hydrogen-bond acceptors (Lipinski definition) is 6. The summed E-state index contributed by atoms with van der Waals surface area (Å²) in [6, 6.07) is 6.36. The van der Waals surface area contributed by atoms with E-state index in [4.69, 9.17) is 19.2 Å². The summed E-state index contributed by atoms with van der Waals surface area (Å²) in [5.41, 5.74) is 1.02. The molecule has 1 saturated carbocycles. The van der Waals surface area contributed by atoms with E-state index in [0.29, 0.717) is 11.8 Å². The van der Waals surface area contributed by atoms with Crippen molar-refractivity contribution in [1.82, 2.24) is 15.0 Å². The molecule has 1 aromatic carbocycles. The standard InChI is InChI=1S/C23H28FN3O4/c1-13-4-9-18-14(2)20(27-19(12-25-26-27)15-5-7-16(24)8-6-15)28-21-23(18)17(13)10-11-22(3,29-21)30-31-23/h5-8,12-14,17-18,20-21H,4,9-11H2,1-3H3/t13-,14-,17+,18+,20-,21-,22+,23-/m1/s1. The highest BCUT2D eigenvalue weighted by atomic mass is 19.1. The van der Waals surface area contributed by atoms with Crippen LogP contribution in [-0.4, -0.2) is 32.7 Å². The number of rotatable bonds is 2. The predicted octanol–water partition coefficient (Wildman–Crippen LogP) is 4.46. The first-order valence-corrected chi connectivity index (χ1v) is 11.3. The number of fused-ring (bicyclic) bond motifs is 2. The number of hydrogen-bond donors (Lipinski definition) is 0. The van der Waals surface area contributed by atoms with Crippen molar-refractivity contribution < 1.29 is 23.6 Å². The summed E-state index contributed by atoms with van der Waals surface area (Å²) in [4.78, 5) is 12.1. The maximum absolute atomic E-state index is 13.5. The van der Waals surface area contributed by atoms with Crippen LogP contribution in [0.15, 0.2) is 30.5 Å². The Hall–Kier alpha value is -1.87. The zero-order valence-corrected chi connectivity index (χ0v) is 18.0. The number of ether oxygens (including phenoxy) is 2. The Morgan fingerprint density at radius 1 is 1.06 bits per heavy atom. The highest BCUT2D eigenvalue weighted by Crippen LogP contribution is 2.61. The summed E-state index contributed by atoms with van der Waals surface area (Å²) < 4.78 is 28.3. The van der Waals surface area contributed by atoms with E-state index >= 15 is 0 Å². The topological polar surface area (TPSA) is 67.6 Å². The number of benzene rings is 1. The van der Waals surface area contributed by atoms with E-state index in [2.05, 4.69) is 24.2 Å². The predicted molar refractivity (Wildman–Crippen MR) is 107 cm³/mol. The van der Waals surface area contributed by atoms with Gasteiger partial charge in [-0.3, -0.25) is 0 Å². The second kappa shape index (κ2) is 6.81. The molecular formula is C23H28FN3O4. The van der Waals surface area contributed by atoms with Gasteiger partial charge in [0.05, 0.1) is 11.9 Å². The third kappa shape index (κ3) is 2.78. The van der Waals surface area contributed by atoms with Gasteiger partial charge in [-0.15, -0.1) is 5.10 Å². The van der Waals surface area contributed by atoms with Crippen LogP contribution in [0.4, 0.5) is 4.39 Å². The lowest BCUT2D eigenvalue weighted by Gasteiger charge is -2.60. The molecule has 5 fully saturated rings. The molecule has 7 rings (SSSR count). The van der Waals surface area contributed by atoms with Gasteiger partial charge < -0.3 is 9.47 Å². The van der Waals surface area contributed by atoms with Crippen LogP contribution in [0.2, 0.25) is 0 Å². The van der Waals surface area contributed by atoms with E-state index in [0.717, 1.165) is 36.9 Å². The Labute approximate surface area is 180 Å². The van der Waals surface area contributed by atoms with Crippen LogP contribution in [0.3, 0.4) is 0 Å². The summed E-state index contributed by atoms with van der Waals surface area (Å²) in [6.45, 7) is 6.41. The molecular weight excluding hydrogens is 401 g/mol. The van der Waals surface area contributed by atoms with Crippen molar-refractivity contribution in [2.45, 2.75) is 70.4 Å². The molecule has 8 atom stereocenters. The average Bonchev–Trinajstić information content (AvgIpc) is 3.12. The minimum atomic E-state index is -0.815. The van der Waals surface area contributed by atoms with Crippen molar-refractivity contribution in [1.29, 1.82) is 0 Å². The van der Waals surface area contributed by atoms with Crippen LogP contribution in [-0.2, 0) is 19.2 Å². The van der Waals surface area contributed by atoms with Crippen molar-refractivity contribution in [3.05, 3.63) is 36.3 Å². The van der Waals surface area contributed by atoms with Crippen molar-refractivity contribution in [3.63, 3.8) is 0 Å². The second-order valence-corrected chi connectivity index (χ2v) is 9.87. The van der Waals surface area contributed by atoms with Crippen molar-refractivity contribution in [2.75, 3.05) is 0 Å². The van der Waals surface area contributed by atoms with Gasteiger partial charge in [-0.1, -0.05) is 19.1 Å². The van der Waals surface area contributed by atoms with E-state index < -0.39 is 17.7 Å². The van der Waals surface area contributed by atoms with Gasteiger partial charge >= 0.3 is 0 Å². The second-order valence-electron chi connectivity index (χ2n) is 9.87. The molecule has 1 spiro atoms. The number of aromatic nitrogens is 3. The molecule has 1 aliphatic carbocycles. The fourth-order valence-corrected chi connectivity index (χ4v) is 6.42. The summed E-state index contributed by atoms with van der Waals surface area (Å²) in [5.74, 6) is 0.0381. The molecule has 0 N–H and O–H groups in total. The third-order valence-corrected chi connectivity index (χ3v) is 8.08. The van der Waals surface area contributed by atoms with Gasteiger partial charge in [0.15, 0.2) is 18.1 Å². The van der Waals surface area contributed by atoms with Gasteiger partial charge in [-0.2, -0.15) is 0 Å². The minimum absolute atomic E-state index is 0.0989. The van der Waals surface area contributed by atoms with Gasteiger partial charge in [0.1, 0.15) is 5.82 Å². The zero-order valence-electron chi connectivity index (χ0n) is 18.0. The highest BCUT2D eigenvalue weighted by molar-refractivity contribution is 5.58. The molecule has 1 aromatic heterocycles. The maximum Gasteiger partial charge on any atom is 0.201 e. The Morgan fingerprint density at radius 3 is 2.68 bits per heavy atom. The van der Waals surface area contributed by atoms with Gasteiger partial charge in [0, 0.05) is 23.8 Å². The third-order valence-electron chi connectivity index (χ3n) is 8.08. The van der Waals surface area contributed by atoms with Crippen molar-refractivity contribution in [2.24, 2.45) is 23.7 Å². The number of nitrogens with zero attached hydrogens (tertiary/aromatic N) is 3.